The van der Waals surface area contributed by atoms with Gasteiger partial charge in [0.25, 0.3) is 0 Å². The lowest BCUT2D eigenvalue weighted by Gasteiger charge is -2.11. The average Bonchev–Trinajstić information content (AvgIpc) is 2.93. The Labute approximate surface area is 112 Å². The topological polar surface area (TPSA) is 0 Å². The van der Waals surface area contributed by atoms with E-state index >= 15 is 0 Å². The molecule has 1 heterocycles. The molecular formula is C17H14S. The van der Waals surface area contributed by atoms with Crippen LogP contribution in [0.25, 0.3) is 21.6 Å². The lowest BCUT2D eigenvalue weighted by atomic mass is 9.95. The van der Waals surface area contributed by atoms with Crippen molar-refractivity contribution in [3.63, 3.8) is 0 Å². The third kappa shape index (κ3) is 1.98. The van der Waals surface area contributed by atoms with Crippen molar-refractivity contribution in [1.29, 1.82) is 0 Å². The minimum Gasteiger partial charge on any atom is -0.144 e. The van der Waals surface area contributed by atoms with Gasteiger partial charge in [0, 0.05) is 10.4 Å². The largest absolute Gasteiger partial charge is 0.144 e. The van der Waals surface area contributed by atoms with Crippen LogP contribution in [0.2, 0.25) is 0 Å². The Balaban J connectivity index is 2.25. The van der Waals surface area contributed by atoms with E-state index in [1.54, 1.807) is 11.3 Å². The summed E-state index contributed by atoms with van der Waals surface area (Å²) >= 11 is 1.80. The van der Waals surface area contributed by atoms with Crippen molar-refractivity contribution < 1.29 is 0 Å². The summed E-state index contributed by atoms with van der Waals surface area (Å²) in [6.07, 6.45) is 0. The molecule has 1 aromatic heterocycles. The quantitative estimate of drug-likeness (QED) is 0.572. The molecule has 1 heteroatoms. The van der Waals surface area contributed by atoms with Crippen LogP contribution in [0, 0.1) is 6.92 Å². The van der Waals surface area contributed by atoms with Crippen molar-refractivity contribution in [3.05, 3.63) is 71.6 Å². The van der Waals surface area contributed by atoms with E-state index in [0.717, 1.165) is 0 Å². The second-order valence-electron chi connectivity index (χ2n) is 4.34. The van der Waals surface area contributed by atoms with Gasteiger partial charge in [-0.1, -0.05) is 54.6 Å². The fourth-order valence-electron chi connectivity index (χ4n) is 2.27. The van der Waals surface area contributed by atoms with Crippen molar-refractivity contribution >= 4 is 11.3 Å². The molecule has 0 nitrogen and oxygen atoms in total. The highest BCUT2D eigenvalue weighted by atomic mass is 32.1. The molecule has 0 saturated heterocycles. The lowest BCUT2D eigenvalue weighted by molar-refractivity contribution is 1.47. The van der Waals surface area contributed by atoms with Gasteiger partial charge in [-0.3, -0.25) is 0 Å². The summed E-state index contributed by atoms with van der Waals surface area (Å²) in [7, 11) is 0. The number of hydrogen-bond donors (Lipinski definition) is 0. The second-order valence-corrected chi connectivity index (χ2v) is 5.29. The van der Waals surface area contributed by atoms with Gasteiger partial charge in [-0.15, -0.1) is 11.3 Å². The summed E-state index contributed by atoms with van der Waals surface area (Å²) in [6.45, 7) is 2.18. The second kappa shape index (κ2) is 4.79. The standard InChI is InChI=1S/C17H14S/c1-13-7-5-10-15(14-8-3-2-4-9-14)17(13)16-11-6-12-18-16/h2-12H,1H3. The van der Waals surface area contributed by atoms with Crippen molar-refractivity contribution in [3.8, 4) is 21.6 Å². The van der Waals surface area contributed by atoms with E-state index in [1.165, 1.54) is 27.1 Å². The Hall–Kier alpha value is -1.86. The van der Waals surface area contributed by atoms with Crippen LogP contribution in [0.3, 0.4) is 0 Å². The third-order valence-electron chi connectivity index (χ3n) is 3.13. The molecule has 3 rings (SSSR count). The highest BCUT2D eigenvalue weighted by molar-refractivity contribution is 7.13. The highest BCUT2D eigenvalue weighted by Gasteiger charge is 2.10. The maximum atomic E-state index is 2.21. The van der Waals surface area contributed by atoms with Crippen molar-refractivity contribution in [2.45, 2.75) is 6.92 Å². The Morgan fingerprint density at radius 2 is 1.61 bits per heavy atom. The van der Waals surface area contributed by atoms with E-state index in [4.69, 9.17) is 0 Å². The summed E-state index contributed by atoms with van der Waals surface area (Å²) in [5.41, 5.74) is 5.29. The van der Waals surface area contributed by atoms with E-state index in [0.29, 0.717) is 0 Å². The molecule has 3 aromatic rings. The van der Waals surface area contributed by atoms with Gasteiger partial charge in [0.2, 0.25) is 0 Å². The monoisotopic (exact) mass is 250 g/mol. The molecule has 0 fully saturated rings. The molecule has 18 heavy (non-hydrogen) atoms. The van der Waals surface area contributed by atoms with Gasteiger partial charge in [0.15, 0.2) is 0 Å². The maximum Gasteiger partial charge on any atom is 0.0351 e. The molecular weight excluding hydrogens is 236 g/mol. The molecule has 0 spiro atoms. The third-order valence-corrected chi connectivity index (χ3v) is 4.01. The number of hydrogen-bond acceptors (Lipinski definition) is 1. The van der Waals surface area contributed by atoms with Gasteiger partial charge >= 0.3 is 0 Å². The molecule has 0 aliphatic rings. The number of benzene rings is 2. The first-order chi connectivity index (χ1) is 8.86. The van der Waals surface area contributed by atoms with E-state index < -0.39 is 0 Å². The molecule has 0 aliphatic heterocycles. The van der Waals surface area contributed by atoms with Crippen LogP contribution < -0.4 is 0 Å². The van der Waals surface area contributed by atoms with E-state index in [-0.39, 0.29) is 0 Å². The van der Waals surface area contributed by atoms with Crippen LogP contribution in [-0.4, -0.2) is 0 Å². The zero-order valence-corrected chi connectivity index (χ0v) is 11.1. The summed E-state index contributed by atoms with van der Waals surface area (Å²) in [6, 6.07) is 21.4. The van der Waals surface area contributed by atoms with Crippen LogP contribution in [0.1, 0.15) is 5.56 Å². The van der Waals surface area contributed by atoms with Gasteiger partial charge < -0.3 is 0 Å². The molecule has 88 valence electrons. The first-order valence-corrected chi connectivity index (χ1v) is 6.93. The zero-order chi connectivity index (χ0) is 12.4. The number of aryl methyl sites for hydroxylation is 1. The van der Waals surface area contributed by atoms with Crippen LogP contribution in [0.15, 0.2) is 66.0 Å². The fourth-order valence-corrected chi connectivity index (χ4v) is 3.12. The summed E-state index contributed by atoms with van der Waals surface area (Å²) < 4.78 is 0. The normalized spacial score (nSPS) is 10.5. The highest BCUT2D eigenvalue weighted by Crippen LogP contribution is 2.36. The molecule has 0 unspecified atom stereocenters. The SMILES string of the molecule is Cc1cccc(-c2ccccc2)c1-c1cccs1. The molecule has 0 aliphatic carbocycles. The lowest BCUT2D eigenvalue weighted by Crippen LogP contribution is -1.86. The number of rotatable bonds is 2. The first kappa shape index (κ1) is 11.2. The minimum absolute atomic E-state index is 1.28. The molecule has 0 bridgehead atoms. The predicted octanol–water partition coefficient (Wildman–Crippen LogP) is 5.39. The van der Waals surface area contributed by atoms with Gasteiger partial charge in [-0.2, -0.15) is 0 Å². The Morgan fingerprint density at radius 3 is 2.33 bits per heavy atom. The fraction of sp³-hybridized carbons (Fsp3) is 0.0588. The molecule has 0 atom stereocenters. The van der Waals surface area contributed by atoms with E-state index in [2.05, 4.69) is 73.0 Å². The Kier molecular flexibility index (Phi) is 2.99. The van der Waals surface area contributed by atoms with E-state index in [9.17, 15) is 0 Å². The van der Waals surface area contributed by atoms with Crippen molar-refractivity contribution in [2.75, 3.05) is 0 Å². The van der Waals surface area contributed by atoms with Crippen LogP contribution in [0.5, 0.6) is 0 Å². The van der Waals surface area contributed by atoms with Gasteiger partial charge in [0.05, 0.1) is 0 Å². The van der Waals surface area contributed by atoms with E-state index in [1.807, 2.05) is 0 Å². The van der Waals surface area contributed by atoms with Crippen molar-refractivity contribution in [2.24, 2.45) is 0 Å². The average molecular weight is 250 g/mol. The predicted molar refractivity (Wildman–Crippen MR) is 79.9 cm³/mol. The van der Waals surface area contributed by atoms with Crippen LogP contribution in [0.4, 0.5) is 0 Å². The maximum absolute atomic E-state index is 2.21. The molecule has 0 amide bonds. The molecule has 0 N–H and O–H groups in total. The van der Waals surface area contributed by atoms with Crippen LogP contribution >= 0.6 is 11.3 Å². The summed E-state index contributed by atoms with van der Waals surface area (Å²) in [5.74, 6) is 0. The summed E-state index contributed by atoms with van der Waals surface area (Å²) in [4.78, 5) is 1.34. The smallest absolute Gasteiger partial charge is 0.0351 e. The first-order valence-electron chi connectivity index (χ1n) is 6.05. The molecule has 0 radical (unpaired) electrons. The Bertz CT molecular complexity index is 637. The zero-order valence-electron chi connectivity index (χ0n) is 10.3. The van der Waals surface area contributed by atoms with Crippen molar-refractivity contribution in [1.82, 2.24) is 0 Å². The van der Waals surface area contributed by atoms with Gasteiger partial charge in [-0.05, 0) is 35.1 Å². The minimum atomic E-state index is 1.28. The Morgan fingerprint density at radius 1 is 0.778 bits per heavy atom. The molecule has 0 saturated carbocycles. The van der Waals surface area contributed by atoms with Gasteiger partial charge in [-0.25, -0.2) is 0 Å². The number of thiophene rings is 1. The summed E-state index contributed by atoms with van der Waals surface area (Å²) in [5, 5.41) is 2.14. The van der Waals surface area contributed by atoms with Gasteiger partial charge in [0.1, 0.15) is 0 Å². The molecule has 2 aromatic carbocycles. The van der Waals surface area contributed by atoms with Crippen LogP contribution in [-0.2, 0) is 0 Å².